The Balaban J connectivity index is 1.50. The minimum absolute atomic E-state index is 0.0140. The first-order chi connectivity index (χ1) is 27.7. The molecule has 0 atom stereocenters. The van der Waals surface area contributed by atoms with E-state index in [9.17, 15) is 5.48 Å². The quantitative estimate of drug-likeness (QED) is 0.187. The molecule has 0 radical (unpaired) electrons. The average Bonchev–Trinajstić information content (AvgIpc) is 3.63. The Bertz CT molecular complexity index is 3140. The molecule has 0 aliphatic carbocycles. The molecule has 0 saturated heterocycles. The Morgan fingerprint density at radius 3 is 1.62 bits per heavy atom. The zero-order valence-electron chi connectivity index (χ0n) is 36.6. The topological polar surface area (TPSA) is 13.1 Å². The van der Waals surface area contributed by atoms with Crippen LogP contribution in [0.5, 0.6) is 0 Å². The highest BCUT2D eigenvalue weighted by atomic mass is 16.3. The van der Waals surface area contributed by atoms with Crippen LogP contribution in [0.4, 0.5) is 0 Å². The van der Waals surface area contributed by atoms with Crippen molar-refractivity contribution in [1.82, 2.24) is 0 Å². The summed E-state index contributed by atoms with van der Waals surface area (Å²) in [6.45, 7) is 0. The number of hydrogen-bond acceptors (Lipinski definition) is 1. The van der Waals surface area contributed by atoms with E-state index in [4.69, 9.17) is 16.8 Å². The highest BCUT2D eigenvalue weighted by Crippen LogP contribution is 2.48. The molecule has 210 valence electrons. The van der Waals surface area contributed by atoms with Crippen molar-refractivity contribution >= 4 is 43.5 Å². The number of benzene rings is 8. The molecule has 0 fully saturated rings. The van der Waals surface area contributed by atoms with Gasteiger partial charge >= 0.3 is 0 Å². The predicted molar refractivity (Wildman–Crippen MR) is 190 cm³/mol. The number of fused-ring (bicyclic) bond motifs is 5. The van der Waals surface area contributed by atoms with E-state index in [2.05, 4.69) is 0 Å². The smallest absolute Gasteiger partial charge is 0.136 e. The van der Waals surface area contributed by atoms with Crippen molar-refractivity contribution in [1.29, 1.82) is 0 Å². The summed E-state index contributed by atoms with van der Waals surface area (Å²) in [7, 11) is 0. The van der Waals surface area contributed by atoms with E-state index in [1.807, 2.05) is 66.7 Å². The minimum atomic E-state index is -0.544. The maximum atomic E-state index is 9.47. The summed E-state index contributed by atoms with van der Waals surface area (Å²) >= 11 is 0. The molecule has 1 heteroatoms. The van der Waals surface area contributed by atoms with Crippen LogP contribution in [0.2, 0.25) is 0 Å². The number of hydrogen-bond donors (Lipinski definition) is 0. The summed E-state index contributed by atoms with van der Waals surface area (Å²) < 4.78 is 121. The van der Waals surface area contributed by atoms with E-state index in [-0.39, 0.29) is 43.8 Å². The Kier molecular flexibility index (Phi) is 3.62. The molecule has 8 aromatic carbocycles. The van der Waals surface area contributed by atoms with Crippen LogP contribution in [-0.2, 0) is 0 Å². The van der Waals surface area contributed by atoms with Gasteiger partial charge in [0.1, 0.15) is 11.2 Å². The van der Waals surface area contributed by atoms with Gasteiger partial charge in [-0.05, 0) is 84.3 Å². The maximum absolute atomic E-state index is 9.47. The van der Waals surface area contributed by atoms with Crippen molar-refractivity contribution in [2.24, 2.45) is 0 Å². The van der Waals surface area contributed by atoms with Gasteiger partial charge in [0.25, 0.3) is 0 Å². The van der Waals surface area contributed by atoms with Gasteiger partial charge in [-0.2, -0.15) is 0 Å². The van der Waals surface area contributed by atoms with E-state index >= 15 is 0 Å². The molecule has 1 nitrogen and oxygen atoms in total. The van der Waals surface area contributed by atoms with Gasteiger partial charge in [0, 0.05) is 10.8 Å². The monoisotopic (exact) mass is 585 g/mol. The third kappa shape index (κ3) is 4.17. The molecule has 9 rings (SSSR count). The molecule has 0 aliphatic heterocycles. The lowest BCUT2D eigenvalue weighted by molar-refractivity contribution is 0.669. The van der Waals surface area contributed by atoms with Crippen molar-refractivity contribution in [2.75, 3.05) is 0 Å². The van der Waals surface area contributed by atoms with Gasteiger partial charge in [-0.15, -0.1) is 0 Å². The molecule has 0 saturated carbocycles. The van der Waals surface area contributed by atoms with Gasteiger partial charge < -0.3 is 4.42 Å². The molecule has 0 amide bonds. The Labute approximate surface area is 279 Å². The Hall–Kier alpha value is -5.92. The normalized spacial score (nSPS) is 15.6. The molecule has 0 unspecified atom stereocenters. The Morgan fingerprint density at radius 2 is 0.933 bits per heavy atom. The molecule has 45 heavy (non-hydrogen) atoms. The molecular formula is C44H28O. The van der Waals surface area contributed by atoms with Crippen molar-refractivity contribution in [2.45, 2.75) is 0 Å². The number of rotatable bonds is 4. The summed E-state index contributed by atoms with van der Waals surface area (Å²) in [6, 6.07) is 20.6. The molecule has 9 aromatic rings. The number of furan rings is 1. The molecule has 0 bridgehead atoms. The summed E-state index contributed by atoms with van der Waals surface area (Å²) in [5.74, 6) is 0. The molecule has 1 heterocycles. The molecule has 0 N–H and O–H groups in total. The first kappa shape index (κ1) is 15.7. The lowest BCUT2D eigenvalue weighted by Crippen LogP contribution is -1.92. The third-order valence-corrected chi connectivity index (χ3v) is 8.19. The van der Waals surface area contributed by atoms with Crippen LogP contribution in [0, 0.1) is 0 Å². The fourth-order valence-corrected chi connectivity index (χ4v) is 6.23. The van der Waals surface area contributed by atoms with E-state index in [0.29, 0.717) is 38.6 Å². The van der Waals surface area contributed by atoms with Gasteiger partial charge in [-0.1, -0.05) is 151 Å². The van der Waals surface area contributed by atoms with Crippen LogP contribution < -0.4 is 0 Å². The summed E-state index contributed by atoms with van der Waals surface area (Å²) in [5, 5.41) is 1.38. The highest BCUT2D eigenvalue weighted by Gasteiger charge is 2.21. The van der Waals surface area contributed by atoms with Crippen molar-refractivity contribution in [3.63, 3.8) is 0 Å². The predicted octanol–water partition coefficient (Wildman–Crippen LogP) is 12.6. The van der Waals surface area contributed by atoms with Gasteiger partial charge in [0.15, 0.2) is 0 Å². The van der Waals surface area contributed by atoms with Crippen LogP contribution >= 0.6 is 0 Å². The average molecular weight is 586 g/mol. The van der Waals surface area contributed by atoms with E-state index in [1.165, 1.54) is 12.1 Å². The zero-order valence-corrected chi connectivity index (χ0v) is 23.6. The maximum Gasteiger partial charge on any atom is 0.136 e. The first-order valence-electron chi connectivity index (χ1n) is 20.9. The molecule has 1 aromatic heterocycles. The largest absolute Gasteiger partial charge is 0.456 e. The Morgan fingerprint density at radius 1 is 0.378 bits per heavy atom. The van der Waals surface area contributed by atoms with E-state index < -0.39 is 78.6 Å². The van der Waals surface area contributed by atoms with Crippen molar-refractivity contribution < 1.29 is 22.2 Å². The molecule has 0 spiro atoms. The lowest BCUT2D eigenvalue weighted by Gasteiger charge is -2.19. The highest BCUT2D eigenvalue weighted by molar-refractivity contribution is 6.26. The third-order valence-electron chi connectivity index (χ3n) is 8.19. The summed E-state index contributed by atoms with van der Waals surface area (Å²) in [6.07, 6.45) is 0. The van der Waals surface area contributed by atoms with Gasteiger partial charge in [-0.25, -0.2) is 0 Å². The second kappa shape index (κ2) is 10.4. The zero-order chi connectivity index (χ0) is 41.1. The first-order valence-corrected chi connectivity index (χ1v) is 14.4. The van der Waals surface area contributed by atoms with Crippen LogP contribution in [0.3, 0.4) is 0 Å². The van der Waals surface area contributed by atoms with Crippen LogP contribution in [0.25, 0.3) is 88.0 Å². The van der Waals surface area contributed by atoms with Gasteiger partial charge in [0.2, 0.25) is 0 Å². The van der Waals surface area contributed by atoms with Gasteiger partial charge in [-0.3, -0.25) is 0 Å². The second-order valence-electron chi connectivity index (χ2n) is 10.7. The SMILES string of the molecule is [2H]c1c([2H])c([2H])c(-c2ccc(-c3c4c([2H])c([2H])c([2H])c([2H])c4c(-c4cc(-c5ccccc5)cc5oc6ccccc6c45)c4c([2H])c([2H])c([2H])c([2H])c34)cc2)c([2H])c1[2H]. The van der Waals surface area contributed by atoms with E-state index in [1.54, 1.807) is 12.1 Å². The minimum Gasteiger partial charge on any atom is -0.456 e. The van der Waals surface area contributed by atoms with Crippen LogP contribution in [-0.4, -0.2) is 0 Å². The van der Waals surface area contributed by atoms with Gasteiger partial charge in [0.05, 0.1) is 17.8 Å². The van der Waals surface area contributed by atoms with Crippen molar-refractivity contribution in [3.8, 4) is 44.5 Å². The molecule has 0 aliphatic rings. The number of para-hydroxylation sites is 1. The summed E-state index contributed by atoms with van der Waals surface area (Å²) in [5.41, 5.74) is 3.83. The van der Waals surface area contributed by atoms with Crippen LogP contribution in [0.1, 0.15) is 17.8 Å². The standard InChI is InChI=1S/C44H28O/c1-3-13-29(14-4-1)31-23-25-32(26-24-31)42-34-17-7-9-19-36(34)43(37-20-10-8-18-35(37)42)39-27-33(30-15-5-2-6-16-30)28-41-44(39)38-21-11-12-22-40(38)45-41/h1-28H/i1D,3D,4D,7D,8D,9D,10D,13D,14D,17D,18D,19D,20D. The summed E-state index contributed by atoms with van der Waals surface area (Å²) in [4.78, 5) is 0. The lowest BCUT2D eigenvalue weighted by atomic mass is 9.84. The molecular weight excluding hydrogens is 544 g/mol. The van der Waals surface area contributed by atoms with E-state index in [0.717, 1.165) is 5.56 Å². The van der Waals surface area contributed by atoms with Crippen LogP contribution in [0.15, 0.2) is 174 Å². The van der Waals surface area contributed by atoms with Crippen molar-refractivity contribution in [3.05, 3.63) is 170 Å². The fourth-order valence-electron chi connectivity index (χ4n) is 6.23. The second-order valence-corrected chi connectivity index (χ2v) is 10.7. The fraction of sp³-hybridized carbons (Fsp3) is 0.